The van der Waals surface area contributed by atoms with E-state index in [1.165, 1.54) is 6.07 Å². The number of halogens is 8. The Bertz CT molecular complexity index is 1490. The minimum atomic E-state index is -5.95. The number of aliphatic hydroxyl groups excluding tert-OH is 1. The fraction of sp³-hybridized carbons (Fsp3) is 0.273. The predicted molar refractivity (Wildman–Crippen MR) is 116 cm³/mol. The number of amides is 1. The molecule has 4 heterocycles. The summed E-state index contributed by atoms with van der Waals surface area (Å²) < 4.78 is 107. The predicted octanol–water partition coefficient (Wildman–Crippen LogP) is 3.37. The van der Waals surface area contributed by atoms with Gasteiger partial charge in [-0.2, -0.15) is 26.3 Å². The van der Waals surface area contributed by atoms with Crippen molar-refractivity contribution in [3.63, 3.8) is 0 Å². The van der Waals surface area contributed by atoms with Crippen LogP contribution in [0.5, 0.6) is 0 Å². The van der Waals surface area contributed by atoms with Gasteiger partial charge in [0.2, 0.25) is 11.5 Å². The van der Waals surface area contributed by atoms with Crippen molar-refractivity contribution >= 4 is 22.8 Å². The number of aromatic nitrogens is 3. The van der Waals surface area contributed by atoms with Gasteiger partial charge < -0.3 is 15.3 Å². The van der Waals surface area contributed by atoms with Gasteiger partial charge in [-0.25, -0.2) is 18.7 Å². The van der Waals surface area contributed by atoms with E-state index in [-0.39, 0.29) is 12.4 Å². The van der Waals surface area contributed by atoms with E-state index in [4.69, 9.17) is 0 Å². The molecule has 202 valence electrons. The van der Waals surface area contributed by atoms with Crippen molar-refractivity contribution in [2.75, 3.05) is 18.1 Å². The van der Waals surface area contributed by atoms with Crippen LogP contribution in [0.1, 0.15) is 16.8 Å². The Morgan fingerprint density at radius 3 is 2.42 bits per heavy atom. The quantitative estimate of drug-likeness (QED) is 0.474. The van der Waals surface area contributed by atoms with Crippen LogP contribution < -0.4 is 15.6 Å². The molecule has 0 fully saturated rings. The molecule has 0 aliphatic carbocycles. The Morgan fingerprint density at radius 2 is 1.82 bits per heavy atom. The van der Waals surface area contributed by atoms with Crippen molar-refractivity contribution in [2.45, 2.75) is 24.8 Å². The van der Waals surface area contributed by atoms with Gasteiger partial charge in [-0.05, 0) is 18.6 Å². The van der Waals surface area contributed by atoms with Gasteiger partial charge in [0.1, 0.15) is 17.2 Å². The van der Waals surface area contributed by atoms with Gasteiger partial charge in [-0.1, -0.05) is 6.08 Å². The molecule has 0 saturated carbocycles. The second kappa shape index (κ2) is 9.66. The number of rotatable bonds is 5. The third-order valence-electron chi connectivity index (χ3n) is 5.55. The molecule has 1 amide bonds. The molecular weight excluding hydrogens is 534 g/mol. The average molecular weight is 549 g/mol. The zero-order chi connectivity index (χ0) is 28.0. The molecular formula is C22H15F8N5O3. The van der Waals surface area contributed by atoms with E-state index >= 15 is 0 Å². The molecule has 0 saturated heterocycles. The van der Waals surface area contributed by atoms with Gasteiger partial charge in [0.25, 0.3) is 5.91 Å². The van der Waals surface area contributed by atoms with E-state index in [1.54, 1.807) is 11.0 Å². The lowest BCUT2D eigenvalue weighted by Gasteiger charge is -2.24. The molecule has 4 rings (SSSR count). The molecule has 0 atom stereocenters. The van der Waals surface area contributed by atoms with E-state index in [0.29, 0.717) is 41.7 Å². The molecule has 38 heavy (non-hydrogen) atoms. The van der Waals surface area contributed by atoms with Crippen molar-refractivity contribution in [3.05, 3.63) is 69.8 Å². The Morgan fingerprint density at radius 1 is 1.13 bits per heavy atom. The first-order valence-electron chi connectivity index (χ1n) is 10.6. The molecule has 3 aromatic rings. The first-order chi connectivity index (χ1) is 17.7. The number of anilines is 1. The number of alkyl halides is 6. The number of carbonyl (C=O) groups is 1. The highest BCUT2D eigenvalue weighted by Gasteiger charge is 2.57. The minimum Gasteiger partial charge on any atom is -0.390 e. The molecule has 0 aromatic carbocycles. The van der Waals surface area contributed by atoms with Crippen molar-refractivity contribution in [2.24, 2.45) is 0 Å². The molecule has 0 bridgehead atoms. The van der Waals surface area contributed by atoms with Crippen LogP contribution in [0, 0.1) is 11.6 Å². The number of aliphatic hydroxyl groups is 1. The normalized spacial score (nSPS) is 14.4. The summed E-state index contributed by atoms with van der Waals surface area (Å²) in [4.78, 5) is 34.9. The van der Waals surface area contributed by atoms with Gasteiger partial charge in [0, 0.05) is 24.5 Å². The number of carbonyl (C=O) groups excluding carboxylic acids is 1. The number of pyridine rings is 3. The molecule has 2 N–H and O–H groups in total. The summed E-state index contributed by atoms with van der Waals surface area (Å²) in [5.74, 6) is -5.12. The first-order valence-corrected chi connectivity index (χ1v) is 10.6. The summed E-state index contributed by atoms with van der Waals surface area (Å²) in [6, 6.07) is -1.59. The van der Waals surface area contributed by atoms with Gasteiger partial charge >= 0.3 is 12.4 Å². The summed E-state index contributed by atoms with van der Waals surface area (Å²) in [5.41, 5.74) is -2.47. The second-order valence-electron chi connectivity index (χ2n) is 8.03. The van der Waals surface area contributed by atoms with Crippen LogP contribution in [0.4, 0.5) is 40.9 Å². The lowest BCUT2D eigenvalue weighted by molar-refractivity contribution is -0.255. The monoisotopic (exact) mass is 549 g/mol. The van der Waals surface area contributed by atoms with E-state index in [2.05, 4.69) is 9.97 Å². The standard InChI is InChI=1S/C22H15F8N5O3/c23-10-6-14(24)18(31-7-10)35-8-13(19(38)33-20(21(25,26)27)22(28,29)30)16(37)12-3-4-15(32-17(12)35)34-5-1-2-11(34)9-36/h2-4,6-8,20,36H,1,5,9H2,(H,33,38). The highest BCUT2D eigenvalue weighted by atomic mass is 19.4. The lowest BCUT2D eigenvalue weighted by atomic mass is 10.1. The lowest BCUT2D eigenvalue weighted by Crippen LogP contribution is -2.55. The Balaban J connectivity index is 1.93. The Labute approximate surface area is 206 Å². The number of hydrogen-bond acceptors (Lipinski definition) is 6. The zero-order valence-corrected chi connectivity index (χ0v) is 18.7. The first kappa shape index (κ1) is 27.0. The molecule has 3 aromatic heterocycles. The van der Waals surface area contributed by atoms with Crippen LogP contribution in [0.2, 0.25) is 0 Å². The molecule has 16 heteroatoms. The molecule has 8 nitrogen and oxygen atoms in total. The zero-order valence-electron chi connectivity index (χ0n) is 18.7. The van der Waals surface area contributed by atoms with E-state index < -0.39 is 63.8 Å². The fourth-order valence-corrected chi connectivity index (χ4v) is 3.84. The van der Waals surface area contributed by atoms with Gasteiger partial charge in [-0.15, -0.1) is 0 Å². The van der Waals surface area contributed by atoms with E-state index in [9.17, 15) is 49.8 Å². The van der Waals surface area contributed by atoms with Crippen LogP contribution in [-0.4, -0.2) is 57.1 Å². The van der Waals surface area contributed by atoms with Crippen LogP contribution in [0.25, 0.3) is 16.9 Å². The molecule has 0 unspecified atom stereocenters. The van der Waals surface area contributed by atoms with Crippen molar-refractivity contribution in [1.82, 2.24) is 19.9 Å². The van der Waals surface area contributed by atoms with Crippen LogP contribution in [0.3, 0.4) is 0 Å². The highest BCUT2D eigenvalue weighted by Crippen LogP contribution is 2.33. The fourth-order valence-electron chi connectivity index (χ4n) is 3.84. The van der Waals surface area contributed by atoms with Gasteiger partial charge in [-0.3, -0.25) is 14.2 Å². The van der Waals surface area contributed by atoms with Crippen LogP contribution >= 0.6 is 0 Å². The number of hydrogen-bond donors (Lipinski definition) is 2. The molecule has 0 spiro atoms. The largest absolute Gasteiger partial charge is 0.417 e. The van der Waals surface area contributed by atoms with Crippen molar-refractivity contribution < 1.29 is 45.0 Å². The summed E-state index contributed by atoms with van der Waals surface area (Å²) in [7, 11) is 0. The summed E-state index contributed by atoms with van der Waals surface area (Å²) in [6.07, 6.45) is -8.64. The summed E-state index contributed by atoms with van der Waals surface area (Å²) >= 11 is 0. The SMILES string of the molecule is O=C(NC(C(F)(F)F)C(F)(F)F)c1cn(-c2ncc(F)cc2F)c2nc(N3CCC=C3CO)ccc2c1=O. The number of nitrogens with zero attached hydrogens (tertiary/aromatic N) is 4. The molecule has 1 aliphatic heterocycles. The van der Waals surface area contributed by atoms with E-state index in [1.807, 2.05) is 0 Å². The Kier molecular flexibility index (Phi) is 6.86. The Hall–Kier alpha value is -4.08. The third kappa shape index (κ3) is 5.03. The topological polar surface area (TPSA) is 100 Å². The van der Waals surface area contributed by atoms with Crippen LogP contribution in [0.15, 0.2) is 47.2 Å². The van der Waals surface area contributed by atoms with Gasteiger partial charge in [0.05, 0.1) is 18.2 Å². The number of fused-ring (bicyclic) bond motifs is 1. The van der Waals surface area contributed by atoms with E-state index in [0.717, 1.165) is 11.4 Å². The van der Waals surface area contributed by atoms with Crippen molar-refractivity contribution in [3.8, 4) is 5.82 Å². The van der Waals surface area contributed by atoms with Gasteiger partial charge in [0.15, 0.2) is 17.3 Å². The summed E-state index contributed by atoms with van der Waals surface area (Å²) in [6.45, 7) is -0.0160. The minimum absolute atomic E-state index is 0.136. The average Bonchev–Trinajstić information content (AvgIpc) is 3.30. The second-order valence-corrected chi connectivity index (χ2v) is 8.03. The maximum Gasteiger partial charge on any atom is 0.417 e. The highest BCUT2D eigenvalue weighted by molar-refractivity contribution is 5.97. The maximum atomic E-state index is 14.7. The molecule has 0 radical (unpaired) electrons. The molecule has 1 aliphatic rings. The smallest absolute Gasteiger partial charge is 0.390 e. The summed E-state index contributed by atoms with van der Waals surface area (Å²) in [5, 5.41) is 9.80. The maximum absolute atomic E-state index is 14.7. The third-order valence-corrected chi connectivity index (χ3v) is 5.55. The van der Waals surface area contributed by atoms with Crippen LogP contribution in [-0.2, 0) is 0 Å². The number of nitrogens with one attached hydrogen (secondary N) is 1. The van der Waals surface area contributed by atoms with Crippen molar-refractivity contribution in [1.29, 1.82) is 0 Å².